The molecule has 1 atom stereocenters. The molecule has 0 saturated carbocycles. The molecule has 1 unspecified atom stereocenters. The van der Waals surface area contributed by atoms with Crippen LogP contribution in [0.15, 0.2) is 66.7 Å². The number of benzene rings is 3. The highest BCUT2D eigenvalue weighted by atomic mass is 31.1. The van der Waals surface area contributed by atoms with Gasteiger partial charge in [0.25, 0.3) is 0 Å². The average Bonchev–Trinajstić information content (AvgIpc) is 2.63. The van der Waals surface area contributed by atoms with Gasteiger partial charge in [-0.05, 0) is 43.3 Å². The zero-order chi connectivity index (χ0) is 18.5. The lowest BCUT2D eigenvalue weighted by atomic mass is 10.1. The predicted molar refractivity (Wildman–Crippen MR) is 111 cm³/mol. The van der Waals surface area contributed by atoms with Gasteiger partial charge in [-0.25, -0.2) is 0 Å². The number of para-hydroxylation sites is 1. The van der Waals surface area contributed by atoms with Gasteiger partial charge in [-0.15, -0.1) is 0 Å². The molecule has 2 nitrogen and oxygen atoms in total. The van der Waals surface area contributed by atoms with Crippen molar-refractivity contribution in [3.8, 4) is 5.75 Å². The maximum Gasteiger partial charge on any atom is 0.160 e. The first-order valence-electron chi connectivity index (χ1n) is 8.69. The minimum Gasteiger partial charge on any atom is -0.488 e. The third-order valence-corrected chi connectivity index (χ3v) is 5.63. The Morgan fingerprint density at radius 3 is 2.42 bits per heavy atom. The van der Waals surface area contributed by atoms with Crippen molar-refractivity contribution in [2.75, 3.05) is 0 Å². The Morgan fingerprint density at radius 1 is 0.923 bits per heavy atom. The van der Waals surface area contributed by atoms with Gasteiger partial charge >= 0.3 is 0 Å². The molecule has 0 aliphatic rings. The molecule has 3 rings (SSSR count). The van der Waals surface area contributed by atoms with Crippen LogP contribution in [0.25, 0.3) is 0 Å². The molecule has 0 amide bonds. The minimum absolute atomic E-state index is 0.107. The molecule has 0 spiro atoms. The molecule has 0 N–H and O–H groups in total. The fourth-order valence-electron chi connectivity index (χ4n) is 2.88. The summed E-state index contributed by atoms with van der Waals surface area (Å²) in [6.45, 7) is 6.25. The molecular formula is C23H23O2P. The largest absolute Gasteiger partial charge is 0.488 e. The van der Waals surface area contributed by atoms with Crippen LogP contribution in [0.1, 0.15) is 34.0 Å². The number of hydrogen-bond acceptors (Lipinski definition) is 2. The summed E-state index contributed by atoms with van der Waals surface area (Å²) in [7, 11) is 0.382. The number of ether oxygens (including phenoxy) is 1. The summed E-state index contributed by atoms with van der Waals surface area (Å²) in [6.07, 6.45) is 0. The molecule has 3 heteroatoms. The van der Waals surface area contributed by atoms with Gasteiger partial charge in [-0.1, -0.05) is 74.8 Å². The van der Waals surface area contributed by atoms with Crippen molar-refractivity contribution in [3.05, 3.63) is 89.0 Å². The Labute approximate surface area is 157 Å². The fourth-order valence-corrected chi connectivity index (χ4v) is 4.28. The number of carbonyl (C=O) groups is 1. The van der Waals surface area contributed by atoms with Crippen LogP contribution in [0.3, 0.4) is 0 Å². The van der Waals surface area contributed by atoms with E-state index in [0.29, 0.717) is 15.2 Å². The Morgan fingerprint density at radius 2 is 1.69 bits per heavy atom. The highest BCUT2D eigenvalue weighted by Crippen LogP contribution is 2.25. The van der Waals surface area contributed by atoms with E-state index in [2.05, 4.69) is 49.4 Å². The summed E-state index contributed by atoms with van der Waals surface area (Å²) < 4.78 is 6.17. The van der Waals surface area contributed by atoms with Crippen LogP contribution in [0.2, 0.25) is 0 Å². The van der Waals surface area contributed by atoms with Crippen molar-refractivity contribution >= 4 is 25.0 Å². The number of rotatable bonds is 6. The second kappa shape index (κ2) is 8.29. The zero-order valence-corrected chi connectivity index (χ0v) is 16.4. The summed E-state index contributed by atoms with van der Waals surface area (Å²) in [5.41, 5.74) is 4.17. The van der Waals surface area contributed by atoms with E-state index in [0.717, 1.165) is 38.6 Å². The molecule has 0 heterocycles. The zero-order valence-electron chi connectivity index (χ0n) is 15.4. The number of Topliss-reactive ketones (excluding diaryl/α,β-unsaturated/α-hetero) is 1. The predicted octanol–water partition coefficient (Wildman–Crippen LogP) is 4.71. The Balaban J connectivity index is 1.89. The van der Waals surface area contributed by atoms with Crippen molar-refractivity contribution in [2.45, 2.75) is 27.4 Å². The van der Waals surface area contributed by atoms with Crippen LogP contribution in [-0.2, 0) is 6.61 Å². The smallest absolute Gasteiger partial charge is 0.160 e. The van der Waals surface area contributed by atoms with E-state index in [1.165, 1.54) is 0 Å². The maximum atomic E-state index is 12.0. The maximum absolute atomic E-state index is 12.0. The number of aryl methyl sites for hydroxylation is 2. The van der Waals surface area contributed by atoms with E-state index < -0.39 is 0 Å². The van der Waals surface area contributed by atoms with Crippen LogP contribution in [0.5, 0.6) is 5.75 Å². The molecule has 0 saturated heterocycles. The van der Waals surface area contributed by atoms with Gasteiger partial charge in [-0.2, -0.15) is 0 Å². The molecule has 132 valence electrons. The minimum atomic E-state index is 0.107. The van der Waals surface area contributed by atoms with E-state index in [1.54, 1.807) is 6.92 Å². The van der Waals surface area contributed by atoms with Crippen LogP contribution in [-0.4, -0.2) is 5.78 Å². The van der Waals surface area contributed by atoms with E-state index in [1.807, 2.05) is 31.2 Å². The van der Waals surface area contributed by atoms with Gasteiger partial charge in [0.15, 0.2) is 5.78 Å². The molecule has 0 aromatic heterocycles. The second-order valence-corrected chi connectivity index (χ2v) is 7.78. The summed E-state index contributed by atoms with van der Waals surface area (Å²) in [6, 6.07) is 22.5. The van der Waals surface area contributed by atoms with Gasteiger partial charge in [0, 0.05) is 10.9 Å². The molecule has 0 aliphatic carbocycles. The van der Waals surface area contributed by atoms with Gasteiger partial charge in [-0.3, -0.25) is 4.79 Å². The average molecular weight is 362 g/mol. The van der Waals surface area contributed by atoms with E-state index in [4.69, 9.17) is 4.74 Å². The lowest BCUT2D eigenvalue weighted by Gasteiger charge is -2.16. The molecule has 0 aliphatic heterocycles. The third kappa shape index (κ3) is 4.39. The van der Waals surface area contributed by atoms with E-state index in [-0.39, 0.29) is 5.78 Å². The van der Waals surface area contributed by atoms with Gasteiger partial charge in [0.1, 0.15) is 12.4 Å². The second-order valence-electron chi connectivity index (χ2n) is 6.46. The summed E-state index contributed by atoms with van der Waals surface area (Å²) in [5, 5.41) is 2.20. The quantitative estimate of drug-likeness (QED) is 0.469. The Kier molecular flexibility index (Phi) is 5.85. The third-order valence-electron chi connectivity index (χ3n) is 4.26. The Bertz CT molecular complexity index is 917. The fraction of sp³-hybridized carbons (Fsp3) is 0.174. The summed E-state index contributed by atoms with van der Waals surface area (Å²) >= 11 is 0. The van der Waals surface area contributed by atoms with Crippen LogP contribution < -0.4 is 15.3 Å². The standard InChI is InChI=1S/C23H23O2P/c1-16-12-13-21(20(14-16)18(3)24)26-22-11-7-8-17(2)23(22)25-15-19-9-5-4-6-10-19/h4-14,26H,15H2,1-3H3. The van der Waals surface area contributed by atoms with Crippen molar-refractivity contribution in [1.29, 1.82) is 0 Å². The molecular weight excluding hydrogens is 339 g/mol. The topological polar surface area (TPSA) is 26.3 Å². The molecule has 0 radical (unpaired) electrons. The Hall–Kier alpha value is -2.44. The normalized spacial score (nSPS) is 11.0. The van der Waals surface area contributed by atoms with Crippen molar-refractivity contribution in [3.63, 3.8) is 0 Å². The molecule has 26 heavy (non-hydrogen) atoms. The van der Waals surface area contributed by atoms with Crippen LogP contribution >= 0.6 is 8.58 Å². The molecule has 3 aromatic carbocycles. The number of hydrogen-bond donors (Lipinski definition) is 0. The van der Waals surface area contributed by atoms with Crippen LogP contribution in [0.4, 0.5) is 0 Å². The SMILES string of the molecule is CC(=O)c1cc(C)ccc1Pc1cccc(C)c1OCc1ccccc1. The highest BCUT2D eigenvalue weighted by molar-refractivity contribution is 7.56. The molecule has 3 aromatic rings. The number of ketones is 1. The van der Waals surface area contributed by atoms with Crippen molar-refractivity contribution in [2.24, 2.45) is 0 Å². The van der Waals surface area contributed by atoms with Crippen LogP contribution in [0, 0.1) is 13.8 Å². The molecule has 0 bridgehead atoms. The highest BCUT2D eigenvalue weighted by Gasteiger charge is 2.13. The van der Waals surface area contributed by atoms with Crippen molar-refractivity contribution in [1.82, 2.24) is 0 Å². The summed E-state index contributed by atoms with van der Waals surface area (Å²) in [4.78, 5) is 12.0. The van der Waals surface area contributed by atoms with Gasteiger partial charge < -0.3 is 4.74 Å². The van der Waals surface area contributed by atoms with E-state index >= 15 is 0 Å². The first kappa shape index (κ1) is 18.4. The first-order chi connectivity index (χ1) is 12.5. The summed E-state index contributed by atoms with van der Waals surface area (Å²) in [5.74, 6) is 1.03. The van der Waals surface area contributed by atoms with Crippen molar-refractivity contribution < 1.29 is 9.53 Å². The van der Waals surface area contributed by atoms with Gasteiger partial charge in [0.2, 0.25) is 0 Å². The monoisotopic (exact) mass is 362 g/mol. The lowest BCUT2D eigenvalue weighted by Crippen LogP contribution is -2.15. The molecule has 0 fully saturated rings. The van der Waals surface area contributed by atoms with Gasteiger partial charge in [0.05, 0.1) is 0 Å². The number of carbonyl (C=O) groups excluding carboxylic acids is 1. The lowest BCUT2D eigenvalue weighted by molar-refractivity contribution is 0.101. The first-order valence-corrected chi connectivity index (χ1v) is 9.69. The van der Waals surface area contributed by atoms with E-state index in [9.17, 15) is 4.79 Å².